The van der Waals surface area contributed by atoms with Crippen LogP contribution in [0.5, 0.6) is 17.4 Å². The average Bonchev–Trinajstić information content (AvgIpc) is 2.56. The fraction of sp³-hybridized carbons (Fsp3) is 0.353. The van der Waals surface area contributed by atoms with Crippen molar-refractivity contribution in [3.63, 3.8) is 0 Å². The number of nitrogens with zero attached hydrogens (tertiary/aromatic N) is 1. The summed E-state index contributed by atoms with van der Waals surface area (Å²) in [5.41, 5.74) is 0. The third-order valence-electron chi connectivity index (χ3n) is 3.55. The summed E-state index contributed by atoms with van der Waals surface area (Å²) in [6, 6.07) is 13.7. The number of benzene rings is 1. The van der Waals surface area contributed by atoms with Crippen LogP contribution >= 0.6 is 24.8 Å². The van der Waals surface area contributed by atoms with Crippen LogP contribution in [0.1, 0.15) is 19.3 Å². The van der Waals surface area contributed by atoms with Crippen LogP contribution in [0.2, 0.25) is 0 Å². The van der Waals surface area contributed by atoms with Crippen molar-refractivity contribution in [1.82, 2.24) is 10.3 Å². The van der Waals surface area contributed by atoms with Crippen LogP contribution in [0.25, 0.3) is 0 Å². The minimum Gasteiger partial charge on any atom is -0.492 e. The van der Waals surface area contributed by atoms with E-state index in [-0.39, 0.29) is 24.8 Å². The predicted molar refractivity (Wildman–Crippen MR) is 96.4 cm³/mol. The number of hydrogen-bond acceptors (Lipinski definition) is 4. The van der Waals surface area contributed by atoms with Gasteiger partial charge in [-0.2, -0.15) is 0 Å². The van der Waals surface area contributed by atoms with Crippen molar-refractivity contribution in [2.45, 2.75) is 25.3 Å². The molecule has 1 fully saturated rings. The van der Waals surface area contributed by atoms with Crippen LogP contribution in [0.3, 0.4) is 0 Å². The maximum Gasteiger partial charge on any atom is 0.219 e. The second-order valence-corrected chi connectivity index (χ2v) is 5.20. The molecule has 1 aliphatic rings. The van der Waals surface area contributed by atoms with Gasteiger partial charge in [0, 0.05) is 18.3 Å². The van der Waals surface area contributed by atoms with Crippen molar-refractivity contribution < 1.29 is 9.47 Å². The van der Waals surface area contributed by atoms with Gasteiger partial charge in [0.2, 0.25) is 5.88 Å². The molecule has 23 heavy (non-hydrogen) atoms. The van der Waals surface area contributed by atoms with Crippen molar-refractivity contribution in [3.05, 3.63) is 48.7 Å². The summed E-state index contributed by atoms with van der Waals surface area (Å²) in [6.07, 6.45) is 5.47. The van der Waals surface area contributed by atoms with E-state index >= 15 is 0 Å². The number of hydrogen-bond donors (Lipinski definition) is 1. The zero-order valence-electron chi connectivity index (χ0n) is 12.8. The van der Waals surface area contributed by atoms with Gasteiger partial charge in [-0.05, 0) is 49.7 Å². The Morgan fingerprint density at radius 3 is 2.43 bits per heavy atom. The molecule has 0 aliphatic carbocycles. The Morgan fingerprint density at radius 2 is 1.78 bits per heavy atom. The van der Waals surface area contributed by atoms with Gasteiger partial charge in [0.05, 0.1) is 0 Å². The van der Waals surface area contributed by atoms with Crippen molar-refractivity contribution in [1.29, 1.82) is 0 Å². The number of nitrogens with one attached hydrogen (secondary N) is 1. The fourth-order valence-electron chi connectivity index (χ4n) is 2.40. The van der Waals surface area contributed by atoms with Crippen LogP contribution in [-0.4, -0.2) is 24.2 Å². The first-order chi connectivity index (χ1) is 10.4. The van der Waals surface area contributed by atoms with Crippen molar-refractivity contribution in [2.75, 3.05) is 13.2 Å². The molecule has 1 aromatic heterocycles. The first-order valence-electron chi connectivity index (χ1n) is 7.45. The standard InChI is InChI=1S/C17H20N2O2.2ClH/c1-3-11-18-14(5-1)13-20-15-7-9-16(10-8-15)21-17-6-2-4-12-19-17;;/h2,4,6-10,12,14,18H,1,3,5,11,13H2;2*1H/t14-;;/m1../s1. The molecular formula is C17H22Cl2N2O2. The quantitative estimate of drug-likeness (QED) is 0.869. The molecule has 0 radical (unpaired) electrons. The summed E-state index contributed by atoms with van der Waals surface area (Å²) in [5, 5.41) is 3.48. The van der Waals surface area contributed by atoms with E-state index in [2.05, 4.69) is 10.3 Å². The lowest BCUT2D eigenvalue weighted by atomic mass is 10.1. The number of halogens is 2. The van der Waals surface area contributed by atoms with E-state index in [4.69, 9.17) is 9.47 Å². The molecule has 3 rings (SSSR count). The Balaban J connectivity index is 0.00000132. The van der Waals surface area contributed by atoms with Gasteiger partial charge in [0.15, 0.2) is 0 Å². The van der Waals surface area contributed by atoms with Gasteiger partial charge in [0.25, 0.3) is 0 Å². The molecule has 1 N–H and O–H groups in total. The number of rotatable bonds is 5. The molecule has 1 atom stereocenters. The van der Waals surface area contributed by atoms with Gasteiger partial charge in [-0.3, -0.25) is 0 Å². The second-order valence-electron chi connectivity index (χ2n) is 5.20. The molecule has 0 unspecified atom stereocenters. The highest BCUT2D eigenvalue weighted by Gasteiger charge is 2.12. The molecular weight excluding hydrogens is 335 g/mol. The van der Waals surface area contributed by atoms with Gasteiger partial charge in [0.1, 0.15) is 18.1 Å². The summed E-state index contributed by atoms with van der Waals surface area (Å²) >= 11 is 0. The summed E-state index contributed by atoms with van der Waals surface area (Å²) in [4.78, 5) is 4.13. The van der Waals surface area contributed by atoms with Crippen LogP contribution in [0, 0.1) is 0 Å². The Labute approximate surface area is 149 Å². The van der Waals surface area contributed by atoms with Crippen LogP contribution in [0.4, 0.5) is 0 Å². The average molecular weight is 357 g/mol. The molecule has 126 valence electrons. The highest BCUT2D eigenvalue weighted by atomic mass is 35.5. The van der Waals surface area contributed by atoms with Crippen LogP contribution < -0.4 is 14.8 Å². The minimum absolute atomic E-state index is 0. The fourth-order valence-corrected chi connectivity index (χ4v) is 2.40. The number of ether oxygens (including phenoxy) is 2. The van der Waals surface area contributed by atoms with Gasteiger partial charge in [-0.25, -0.2) is 4.98 Å². The van der Waals surface area contributed by atoms with Crippen LogP contribution in [-0.2, 0) is 0 Å². The van der Waals surface area contributed by atoms with E-state index in [1.54, 1.807) is 6.20 Å². The normalized spacial score (nSPS) is 16.6. The molecule has 1 aromatic carbocycles. The van der Waals surface area contributed by atoms with E-state index in [9.17, 15) is 0 Å². The third-order valence-corrected chi connectivity index (χ3v) is 3.55. The van der Waals surface area contributed by atoms with E-state index in [0.717, 1.165) is 24.7 Å². The van der Waals surface area contributed by atoms with Crippen molar-refractivity contribution in [3.8, 4) is 17.4 Å². The van der Waals surface area contributed by atoms with Gasteiger partial charge in [-0.15, -0.1) is 24.8 Å². The summed E-state index contributed by atoms with van der Waals surface area (Å²) in [6.45, 7) is 1.82. The molecule has 1 saturated heterocycles. The van der Waals surface area contributed by atoms with E-state index < -0.39 is 0 Å². The Morgan fingerprint density at radius 1 is 1.00 bits per heavy atom. The maximum absolute atomic E-state index is 5.82. The van der Waals surface area contributed by atoms with E-state index in [1.165, 1.54) is 19.3 Å². The highest BCUT2D eigenvalue weighted by Crippen LogP contribution is 2.22. The number of piperidine rings is 1. The summed E-state index contributed by atoms with van der Waals surface area (Å²) in [5.74, 6) is 2.23. The van der Waals surface area contributed by atoms with Gasteiger partial charge in [-0.1, -0.05) is 12.5 Å². The first-order valence-corrected chi connectivity index (χ1v) is 7.45. The molecule has 2 aromatic rings. The first kappa shape index (κ1) is 19.6. The number of aromatic nitrogens is 1. The van der Waals surface area contributed by atoms with E-state index in [1.807, 2.05) is 42.5 Å². The van der Waals surface area contributed by atoms with Crippen LogP contribution in [0.15, 0.2) is 48.7 Å². The monoisotopic (exact) mass is 356 g/mol. The largest absolute Gasteiger partial charge is 0.492 e. The Hall–Kier alpha value is -1.49. The SMILES string of the molecule is Cl.Cl.c1ccc(Oc2ccc(OC[C@H]3CCCCN3)cc2)nc1. The smallest absolute Gasteiger partial charge is 0.219 e. The van der Waals surface area contributed by atoms with Gasteiger partial charge < -0.3 is 14.8 Å². The predicted octanol–water partition coefficient (Wildman–Crippen LogP) is 4.24. The molecule has 6 heteroatoms. The molecule has 0 amide bonds. The lowest BCUT2D eigenvalue weighted by Gasteiger charge is -2.23. The third kappa shape index (κ3) is 6.26. The van der Waals surface area contributed by atoms with E-state index in [0.29, 0.717) is 11.9 Å². The number of pyridine rings is 1. The minimum atomic E-state index is 0. The lowest BCUT2D eigenvalue weighted by molar-refractivity contribution is 0.239. The van der Waals surface area contributed by atoms with Crippen molar-refractivity contribution >= 4 is 24.8 Å². The molecule has 0 bridgehead atoms. The lowest BCUT2D eigenvalue weighted by Crippen LogP contribution is -2.38. The molecule has 2 heterocycles. The maximum atomic E-state index is 5.82. The zero-order valence-corrected chi connectivity index (χ0v) is 14.4. The van der Waals surface area contributed by atoms with Gasteiger partial charge >= 0.3 is 0 Å². The highest BCUT2D eigenvalue weighted by molar-refractivity contribution is 5.85. The topological polar surface area (TPSA) is 43.4 Å². The Kier molecular flexibility index (Phi) is 8.77. The molecule has 1 aliphatic heterocycles. The summed E-state index contributed by atoms with van der Waals surface area (Å²) in [7, 11) is 0. The Bertz CT molecular complexity index is 546. The molecule has 0 saturated carbocycles. The summed E-state index contributed by atoms with van der Waals surface area (Å²) < 4.78 is 11.5. The van der Waals surface area contributed by atoms with Crippen molar-refractivity contribution in [2.24, 2.45) is 0 Å². The zero-order chi connectivity index (χ0) is 14.3. The molecule has 0 spiro atoms. The molecule has 4 nitrogen and oxygen atoms in total. The second kappa shape index (κ2) is 10.3.